The molecule has 0 saturated heterocycles. The fourth-order valence-corrected chi connectivity index (χ4v) is 4.02. The first-order chi connectivity index (χ1) is 12.8. The number of hydrogen-bond donors (Lipinski definition) is 0. The average Bonchev–Trinajstić information content (AvgIpc) is 3.21. The number of imidazole rings is 1. The summed E-state index contributed by atoms with van der Waals surface area (Å²) >= 11 is 0. The summed E-state index contributed by atoms with van der Waals surface area (Å²) in [5.74, 6) is 2.86. The summed E-state index contributed by atoms with van der Waals surface area (Å²) < 4.78 is 19.1. The second kappa shape index (κ2) is 6.59. The second-order valence-electron chi connectivity index (χ2n) is 7.72. The van der Waals surface area contributed by atoms with Crippen LogP contribution in [0.15, 0.2) is 24.5 Å². The van der Waals surface area contributed by atoms with Crippen LogP contribution in [0.5, 0.6) is 11.5 Å². The van der Waals surface area contributed by atoms with Crippen LogP contribution in [0.25, 0.3) is 0 Å². The summed E-state index contributed by atoms with van der Waals surface area (Å²) in [5.41, 5.74) is 3.76. The van der Waals surface area contributed by atoms with Gasteiger partial charge in [-0.15, -0.1) is 0 Å². The molecular weight excluding hydrogens is 330 g/mol. The molecule has 3 heterocycles. The van der Waals surface area contributed by atoms with Crippen molar-refractivity contribution in [1.29, 1.82) is 0 Å². The highest BCUT2D eigenvalue weighted by Gasteiger charge is 2.30. The van der Waals surface area contributed by atoms with Crippen LogP contribution >= 0.6 is 0 Å². The number of nitrogens with zero attached hydrogens (tertiary/aromatic N) is 3. The third kappa shape index (κ3) is 3.19. The van der Waals surface area contributed by atoms with Crippen LogP contribution in [0.1, 0.15) is 35.7 Å². The molecule has 138 valence electrons. The Kier molecular flexibility index (Phi) is 4.10. The highest BCUT2D eigenvalue weighted by Crippen LogP contribution is 2.34. The quantitative estimate of drug-likeness (QED) is 0.797. The molecule has 0 bridgehead atoms. The van der Waals surface area contributed by atoms with Gasteiger partial charge in [-0.05, 0) is 36.5 Å². The number of rotatable bonds is 6. The maximum Gasteiger partial charge on any atom is 0.231 e. The van der Waals surface area contributed by atoms with Crippen molar-refractivity contribution in [2.75, 3.05) is 26.6 Å². The second-order valence-corrected chi connectivity index (χ2v) is 7.72. The molecular formula is C20H25N3O3. The van der Waals surface area contributed by atoms with Gasteiger partial charge in [0.2, 0.25) is 6.79 Å². The molecule has 2 aromatic rings. The predicted molar refractivity (Wildman–Crippen MR) is 96.2 cm³/mol. The van der Waals surface area contributed by atoms with E-state index in [2.05, 4.69) is 33.6 Å². The maximum atomic E-state index is 6.03. The summed E-state index contributed by atoms with van der Waals surface area (Å²) in [6.07, 6.45) is 4.60. The van der Waals surface area contributed by atoms with Gasteiger partial charge in [-0.25, -0.2) is 4.98 Å². The summed E-state index contributed by atoms with van der Waals surface area (Å²) in [7, 11) is 2.09. The van der Waals surface area contributed by atoms with E-state index in [0.29, 0.717) is 12.7 Å². The predicted octanol–water partition coefficient (Wildman–Crippen LogP) is 2.67. The minimum atomic E-state index is 0.320. The van der Waals surface area contributed by atoms with E-state index in [4.69, 9.17) is 14.2 Å². The first-order valence-corrected chi connectivity index (χ1v) is 9.45. The fourth-order valence-electron chi connectivity index (χ4n) is 4.02. The Bertz CT molecular complexity index is 800. The van der Waals surface area contributed by atoms with Gasteiger partial charge in [0.1, 0.15) is 0 Å². The van der Waals surface area contributed by atoms with Crippen LogP contribution < -0.4 is 9.47 Å². The van der Waals surface area contributed by atoms with Gasteiger partial charge in [0, 0.05) is 44.9 Å². The van der Waals surface area contributed by atoms with E-state index in [0.717, 1.165) is 50.3 Å². The van der Waals surface area contributed by atoms with Gasteiger partial charge < -0.3 is 18.8 Å². The van der Waals surface area contributed by atoms with E-state index in [1.807, 2.05) is 12.4 Å². The van der Waals surface area contributed by atoms with Crippen LogP contribution in [0.3, 0.4) is 0 Å². The molecule has 1 unspecified atom stereocenters. The molecule has 2 aliphatic heterocycles. The smallest absolute Gasteiger partial charge is 0.231 e. The molecule has 0 N–H and O–H groups in total. The SMILES string of the molecule is Cn1cnc2c1C(COCC1CC1)CN(Cc1ccc3c(c1)OCO3)C2. The van der Waals surface area contributed by atoms with Gasteiger partial charge in [-0.3, -0.25) is 4.90 Å². The average molecular weight is 355 g/mol. The van der Waals surface area contributed by atoms with E-state index >= 15 is 0 Å². The Labute approximate surface area is 153 Å². The molecule has 0 spiro atoms. The molecule has 6 heteroatoms. The molecule has 1 fully saturated rings. The summed E-state index contributed by atoms with van der Waals surface area (Å²) in [4.78, 5) is 7.09. The number of fused-ring (bicyclic) bond motifs is 2. The minimum Gasteiger partial charge on any atom is -0.454 e. The molecule has 1 aliphatic carbocycles. The number of aryl methyl sites for hydroxylation is 1. The lowest BCUT2D eigenvalue weighted by Gasteiger charge is -2.33. The third-order valence-electron chi connectivity index (χ3n) is 5.51. The van der Waals surface area contributed by atoms with Crippen LogP contribution in [0.2, 0.25) is 0 Å². The molecule has 5 rings (SSSR count). The van der Waals surface area contributed by atoms with Gasteiger partial charge in [0.05, 0.1) is 18.6 Å². The van der Waals surface area contributed by atoms with Crippen molar-refractivity contribution in [3.63, 3.8) is 0 Å². The zero-order valence-corrected chi connectivity index (χ0v) is 15.2. The third-order valence-corrected chi connectivity index (χ3v) is 5.51. The van der Waals surface area contributed by atoms with Gasteiger partial charge in [-0.2, -0.15) is 0 Å². The van der Waals surface area contributed by atoms with Crippen molar-refractivity contribution >= 4 is 0 Å². The van der Waals surface area contributed by atoms with Gasteiger partial charge in [-0.1, -0.05) is 6.07 Å². The molecule has 3 aliphatic rings. The number of ether oxygens (including phenoxy) is 3. The molecule has 0 radical (unpaired) electrons. The zero-order valence-electron chi connectivity index (χ0n) is 15.2. The standard InChI is InChI=1S/C20H25N3O3/c1-22-12-21-17-9-23(7-15-4-5-18-19(6-15)26-13-25-18)8-16(20(17)22)11-24-10-14-2-3-14/h4-6,12,14,16H,2-3,7-11,13H2,1H3. The lowest BCUT2D eigenvalue weighted by molar-refractivity contribution is 0.0867. The van der Waals surface area contributed by atoms with Crippen molar-refractivity contribution in [2.24, 2.45) is 13.0 Å². The number of benzene rings is 1. The van der Waals surface area contributed by atoms with Gasteiger partial charge in [0.25, 0.3) is 0 Å². The summed E-state index contributed by atoms with van der Waals surface area (Å²) in [5, 5.41) is 0. The summed E-state index contributed by atoms with van der Waals surface area (Å²) in [6.45, 7) is 4.76. The highest BCUT2D eigenvalue weighted by atomic mass is 16.7. The first kappa shape index (κ1) is 16.1. The Balaban J connectivity index is 1.30. The van der Waals surface area contributed by atoms with Crippen molar-refractivity contribution in [1.82, 2.24) is 14.5 Å². The fraction of sp³-hybridized carbons (Fsp3) is 0.550. The van der Waals surface area contributed by atoms with Crippen molar-refractivity contribution in [3.8, 4) is 11.5 Å². The van der Waals surface area contributed by atoms with Crippen LogP contribution in [0, 0.1) is 5.92 Å². The van der Waals surface area contributed by atoms with Gasteiger partial charge in [0.15, 0.2) is 11.5 Å². The zero-order chi connectivity index (χ0) is 17.5. The minimum absolute atomic E-state index is 0.320. The van der Waals surface area contributed by atoms with E-state index in [1.165, 1.54) is 29.8 Å². The monoisotopic (exact) mass is 355 g/mol. The Morgan fingerprint density at radius 3 is 2.96 bits per heavy atom. The number of hydrogen-bond acceptors (Lipinski definition) is 5. The highest BCUT2D eigenvalue weighted by molar-refractivity contribution is 5.44. The Morgan fingerprint density at radius 2 is 2.08 bits per heavy atom. The Hall–Kier alpha value is -2.05. The lowest BCUT2D eigenvalue weighted by atomic mass is 9.98. The first-order valence-electron chi connectivity index (χ1n) is 9.45. The van der Waals surface area contributed by atoms with E-state index in [9.17, 15) is 0 Å². The van der Waals surface area contributed by atoms with Crippen molar-refractivity contribution in [3.05, 3.63) is 41.5 Å². The van der Waals surface area contributed by atoms with E-state index in [1.54, 1.807) is 0 Å². The summed E-state index contributed by atoms with van der Waals surface area (Å²) in [6, 6.07) is 6.22. The molecule has 6 nitrogen and oxygen atoms in total. The normalized spacial score (nSPS) is 21.8. The van der Waals surface area contributed by atoms with Gasteiger partial charge >= 0.3 is 0 Å². The molecule has 26 heavy (non-hydrogen) atoms. The van der Waals surface area contributed by atoms with E-state index < -0.39 is 0 Å². The lowest BCUT2D eigenvalue weighted by Crippen LogP contribution is -2.36. The Morgan fingerprint density at radius 1 is 1.19 bits per heavy atom. The van der Waals surface area contributed by atoms with Crippen LogP contribution in [-0.4, -0.2) is 41.0 Å². The molecule has 0 amide bonds. The van der Waals surface area contributed by atoms with Crippen LogP contribution in [0.4, 0.5) is 0 Å². The van der Waals surface area contributed by atoms with Crippen LogP contribution in [-0.2, 0) is 24.9 Å². The number of aromatic nitrogens is 2. The molecule has 1 aromatic heterocycles. The van der Waals surface area contributed by atoms with Crippen molar-refractivity contribution < 1.29 is 14.2 Å². The topological polar surface area (TPSA) is 48.8 Å². The van der Waals surface area contributed by atoms with Crippen molar-refractivity contribution in [2.45, 2.75) is 31.8 Å². The van der Waals surface area contributed by atoms with E-state index in [-0.39, 0.29) is 0 Å². The molecule has 1 aromatic carbocycles. The largest absolute Gasteiger partial charge is 0.454 e. The molecule has 1 atom stereocenters. The maximum absolute atomic E-state index is 6.03. The molecule has 1 saturated carbocycles.